The van der Waals surface area contributed by atoms with Crippen LogP contribution in [0.4, 0.5) is 0 Å². The Bertz CT molecular complexity index is 958. The number of aromatic nitrogens is 5. The van der Waals surface area contributed by atoms with Crippen molar-refractivity contribution in [3.8, 4) is 5.82 Å². The molecule has 4 rings (SSSR count). The van der Waals surface area contributed by atoms with Gasteiger partial charge < -0.3 is 0 Å². The Morgan fingerprint density at radius 2 is 1.66 bits per heavy atom. The largest absolute Gasteiger partial charge is 0.281 e. The van der Waals surface area contributed by atoms with Crippen molar-refractivity contribution in [3.05, 3.63) is 35.1 Å². The second-order valence-electron chi connectivity index (χ2n) is 7.72. The molecule has 158 valence electrons. The molecular formula is C18H27N7O3S. The fourth-order valence-corrected chi connectivity index (χ4v) is 5.74. The maximum absolute atomic E-state index is 13.0. The van der Waals surface area contributed by atoms with Crippen LogP contribution in [0.2, 0.25) is 0 Å². The zero-order valence-corrected chi connectivity index (χ0v) is 17.2. The molecule has 0 saturated carbocycles. The van der Waals surface area contributed by atoms with E-state index in [4.69, 9.17) is 0 Å². The van der Waals surface area contributed by atoms with Gasteiger partial charge in [0.25, 0.3) is 15.8 Å². The first-order valence-corrected chi connectivity index (χ1v) is 11.6. The lowest BCUT2D eigenvalue weighted by atomic mass is 9.98. The summed E-state index contributed by atoms with van der Waals surface area (Å²) >= 11 is 0. The van der Waals surface area contributed by atoms with Crippen molar-refractivity contribution in [3.63, 3.8) is 0 Å². The first-order valence-electron chi connectivity index (χ1n) is 10.2. The Labute approximate surface area is 170 Å². The number of hydrogen-bond donors (Lipinski definition) is 0. The number of nitrogens with zero attached hydrogens (tertiary/aromatic N) is 7. The van der Waals surface area contributed by atoms with Gasteiger partial charge in [-0.15, -0.1) is 5.10 Å². The highest BCUT2D eigenvalue weighted by molar-refractivity contribution is 7.86. The van der Waals surface area contributed by atoms with E-state index in [2.05, 4.69) is 15.2 Å². The van der Waals surface area contributed by atoms with Crippen LogP contribution in [0, 0.1) is 5.92 Å². The predicted molar refractivity (Wildman–Crippen MR) is 107 cm³/mol. The van der Waals surface area contributed by atoms with Gasteiger partial charge in [0.15, 0.2) is 5.82 Å². The summed E-state index contributed by atoms with van der Waals surface area (Å²) in [7, 11) is -3.39. The lowest BCUT2D eigenvalue weighted by Gasteiger charge is -2.34. The topological polar surface area (TPSA) is 106 Å². The van der Waals surface area contributed by atoms with Gasteiger partial charge in [0, 0.05) is 38.8 Å². The molecule has 0 atom stereocenters. The fourth-order valence-electron chi connectivity index (χ4n) is 4.02. The van der Waals surface area contributed by atoms with Gasteiger partial charge in [-0.2, -0.15) is 22.1 Å². The van der Waals surface area contributed by atoms with Crippen molar-refractivity contribution in [2.45, 2.75) is 45.1 Å². The molecule has 2 aliphatic heterocycles. The monoisotopic (exact) mass is 421 g/mol. The van der Waals surface area contributed by atoms with E-state index in [9.17, 15) is 13.2 Å². The summed E-state index contributed by atoms with van der Waals surface area (Å²) in [6.07, 6.45) is 8.45. The van der Waals surface area contributed by atoms with Gasteiger partial charge in [-0.05, 0) is 37.7 Å². The van der Waals surface area contributed by atoms with Gasteiger partial charge >= 0.3 is 0 Å². The summed E-state index contributed by atoms with van der Waals surface area (Å²) in [4.78, 5) is 16.1. The Morgan fingerprint density at radius 1 is 0.966 bits per heavy atom. The van der Waals surface area contributed by atoms with Crippen molar-refractivity contribution < 1.29 is 8.42 Å². The summed E-state index contributed by atoms with van der Waals surface area (Å²) in [5.74, 6) is 0.741. The molecule has 0 radical (unpaired) electrons. The molecule has 2 aromatic rings. The highest BCUT2D eigenvalue weighted by Gasteiger charge is 2.33. The van der Waals surface area contributed by atoms with E-state index in [0.717, 1.165) is 38.5 Å². The van der Waals surface area contributed by atoms with Crippen LogP contribution in [0.5, 0.6) is 0 Å². The van der Waals surface area contributed by atoms with Gasteiger partial charge in [0.2, 0.25) is 0 Å². The molecule has 10 nitrogen and oxygen atoms in total. The molecule has 0 unspecified atom stereocenters. The average molecular weight is 422 g/mol. The molecule has 0 aliphatic carbocycles. The average Bonchev–Trinajstić information content (AvgIpc) is 3.11. The summed E-state index contributed by atoms with van der Waals surface area (Å²) in [5.41, 5.74) is -0.173. The molecule has 2 fully saturated rings. The maximum Gasteiger partial charge on any atom is 0.281 e. The van der Waals surface area contributed by atoms with Crippen molar-refractivity contribution in [1.29, 1.82) is 0 Å². The van der Waals surface area contributed by atoms with Gasteiger partial charge in [0.05, 0.1) is 0 Å². The zero-order valence-electron chi connectivity index (χ0n) is 16.4. The lowest BCUT2D eigenvalue weighted by molar-refractivity contribution is 0.231. The molecule has 2 aromatic heterocycles. The van der Waals surface area contributed by atoms with Crippen LogP contribution in [0.25, 0.3) is 5.82 Å². The number of hydrogen-bond acceptors (Lipinski definition) is 6. The molecule has 11 heteroatoms. The minimum absolute atomic E-state index is 0.173. The van der Waals surface area contributed by atoms with E-state index in [1.54, 1.807) is 14.7 Å². The molecule has 0 bridgehead atoms. The van der Waals surface area contributed by atoms with Crippen LogP contribution in [-0.2, 0) is 16.8 Å². The number of piperidine rings is 1. The Hall–Kier alpha value is -2.11. The summed E-state index contributed by atoms with van der Waals surface area (Å²) in [5, 5.41) is 8.43. The fraction of sp³-hybridized carbons (Fsp3) is 0.667. The summed E-state index contributed by atoms with van der Waals surface area (Å²) < 4.78 is 32.1. The van der Waals surface area contributed by atoms with Crippen molar-refractivity contribution in [2.75, 3.05) is 26.2 Å². The van der Waals surface area contributed by atoms with E-state index >= 15 is 0 Å². The summed E-state index contributed by atoms with van der Waals surface area (Å²) in [6, 6.07) is 3.09. The van der Waals surface area contributed by atoms with Crippen LogP contribution in [-0.4, -0.2) is 67.8 Å². The van der Waals surface area contributed by atoms with Gasteiger partial charge in [0.1, 0.15) is 12.7 Å². The Kier molecular flexibility index (Phi) is 6.07. The van der Waals surface area contributed by atoms with E-state index in [0.29, 0.717) is 38.5 Å². The standard InChI is InChI=1S/C18H27N7O3S/c26-18-6-5-17(25-15-19-14-20-25)21-24(18)13-16-7-11-23(12-8-16)29(27,28)22-9-3-1-2-4-10-22/h5-6,14-16H,1-4,7-13H2. The number of rotatable bonds is 5. The Morgan fingerprint density at radius 3 is 2.31 bits per heavy atom. The van der Waals surface area contributed by atoms with Gasteiger partial charge in [-0.3, -0.25) is 4.79 Å². The van der Waals surface area contributed by atoms with Crippen LogP contribution in [0.1, 0.15) is 38.5 Å². The van der Waals surface area contributed by atoms with Crippen molar-refractivity contribution >= 4 is 10.2 Å². The highest BCUT2D eigenvalue weighted by atomic mass is 32.2. The van der Waals surface area contributed by atoms with Crippen LogP contribution < -0.4 is 5.56 Å². The van der Waals surface area contributed by atoms with E-state index in [1.807, 2.05) is 0 Å². The second kappa shape index (κ2) is 8.72. The minimum Gasteiger partial charge on any atom is -0.268 e. The molecule has 0 N–H and O–H groups in total. The van der Waals surface area contributed by atoms with Crippen LogP contribution in [0.15, 0.2) is 29.6 Å². The first kappa shape index (κ1) is 20.2. The molecule has 2 aliphatic rings. The van der Waals surface area contributed by atoms with E-state index < -0.39 is 10.2 Å². The van der Waals surface area contributed by atoms with Crippen molar-refractivity contribution in [2.24, 2.45) is 5.92 Å². The predicted octanol–water partition coefficient (Wildman–Crippen LogP) is 0.657. The van der Waals surface area contributed by atoms with Gasteiger partial charge in [-0.25, -0.2) is 14.3 Å². The highest BCUT2D eigenvalue weighted by Crippen LogP contribution is 2.24. The lowest BCUT2D eigenvalue weighted by Crippen LogP contribution is -2.48. The molecule has 29 heavy (non-hydrogen) atoms. The first-order chi connectivity index (χ1) is 14.0. The maximum atomic E-state index is 13.0. The molecule has 0 aromatic carbocycles. The molecular weight excluding hydrogens is 394 g/mol. The molecule has 4 heterocycles. The molecule has 0 amide bonds. The quantitative estimate of drug-likeness (QED) is 0.702. The third kappa shape index (κ3) is 4.57. The van der Waals surface area contributed by atoms with Crippen LogP contribution >= 0.6 is 0 Å². The normalized spacial score (nSPS) is 20.6. The van der Waals surface area contributed by atoms with E-state index in [-0.39, 0.29) is 11.5 Å². The van der Waals surface area contributed by atoms with E-state index in [1.165, 1.54) is 28.1 Å². The SMILES string of the molecule is O=c1ccc(-n2cncn2)nn1CC1CCN(S(=O)(=O)N2CCCCCC2)CC1. The molecule has 2 saturated heterocycles. The second-order valence-corrected chi connectivity index (χ2v) is 9.64. The summed E-state index contributed by atoms with van der Waals surface area (Å²) in [6.45, 7) is 2.69. The van der Waals surface area contributed by atoms with Gasteiger partial charge in [-0.1, -0.05) is 12.8 Å². The Balaban J connectivity index is 1.39. The van der Waals surface area contributed by atoms with Crippen molar-refractivity contribution in [1.82, 2.24) is 33.2 Å². The van der Waals surface area contributed by atoms with Crippen LogP contribution in [0.3, 0.4) is 0 Å². The molecule has 0 spiro atoms. The third-order valence-corrected chi connectivity index (χ3v) is 7.76. The minimum atomic E-state index is -3.39. The smallest absolute Gasteiger partial charge is 0.268 e. The zero-order chi connectivity index (χ0) is 20.3. The third-order valence-electron chi connectivity index (χ3n) is 5.73.